The van der Waals surface area contributed by atoms with Crippen LogP contribution in [0.4, 0.5) is 13.2 Å². The molecule has 1 aliphatic rings. The quantitative estimate of drug-likeness (QED) is 0.680. The van der Waals surface area contributed by atoms with Gasteiger partial charge in [-0.25, -0.2) is 13.2 Å². The first-order chi connectivity index (χ1) is 6.28. The third kappa shape index (κ3) is 1.76. The molecule has 1 nitrogen and oxygen atoms in total. The normalized spacial score (nSPS) is 37.1. The topological polar surface area (TPSA) is 9.23 Å². The molecule has 0 aromatic carbocycles. The molecule has 4 heteroatoms. The molecular formula is C10H17F3O. The fourth-order valence-corrected chi connectivity index (χ4v) is 1.80. The molecule has 0 bridgehead atoms. The third-order valence-corrected chi connectivity index (χ3v) is 2.60. The molecule has 1 saturated heterocycles. The maximum Gasteiger partial charge on any atom is 0.307 e. The Balaban J connectivity index is 2.85. The van der Waals surface area contributed by atoms with Crippen molar-refractivity contribution in [2.75, 3.05) is 0 Å². The first kappa shape index (κ1) is 11.8. The van der Waals surface area contributed by atoms with E-state index >= 15 is 0 Å². The van der Waals surface area contributed by atoms with Gasteiger partial charge in [-0.2, -0.15) is 0 Å². The van der Waals surface area contributed by atoms with Crippen molar-refractivity contribution in [3.05, 3.63) is 0 Å². The average molecular weight is 210 g/mol. The first-order valence-electron chi connectivity index (χ1n) is 4.95. The van der Waals surface area contributed by atoms with Crippen LogP contribution in [-0.2, 0) is 4.74 Å². The van der Waals surface area contributed by atoms with E-state index in [1.807, 2.05) is 0 Å². The van der Waals surface area contributed by atoms with E-state index in [2.05, 4.69) is 0 Å². The zero-order valence-electron chi connectivity index (χ0n) is 8.93. The maximum atomic E-state index is 13.4. The summed E-state index contributed by atoms with van der Waals surface area (Å²) in [5.41, 5.74) is 0. The highest BCUT2D eigenvalue weighted by atomic mass is 19.3. The summed E-state index contributed by atoms with van der Waals surface area (Å²) in [7, 11) is 0. The molecule has 0 radical (unpaired) electrons. The minimum atomic E-state index is -3.34. The molecule has 84 valence electrons. The number of ether oxygens (including phenoxy) is 1. The second-order valence-corrected chi connectivity index (χ2v) is 4.59. The molecule has 0 aromatic heterocycles. The van der Waals surface area contributed by atoms with Crippen LogP contribution in [0.2, 0.25) is 0 Å². The molecule has 0 saturated carbocycles. The SMILES string of the molecule is CC(C)[C@H]1O[C@@H](C(C)C)C(F)(F)[C@@H]1F. The minimum Gasteiger partial charge on any atom is -0.365 e. The molecule has 1 heterocycles. The summed E-state index contributed by atoms with van der Waals surface area (Å²) in [6, 6.07) is 0. The number of alkyl halides is 3. The number of hydrogen-bond acceptors (Lipinski definition) is 1. The van der Waals surface area contributed by atoms with Gasteiger partial charge in [0, 0.05) is 0 Å². The summed E-state index contributed by atoms with van der Waals surface area (Å²) >= 11 is 0. The van der Waals surface area contributed by atoms with Crippen LogP contribution in [-0.4, -0.2) is 24.3 Å². The largest absolute Gasteiger partial charge is 0.365 e. The van der Waals surface area contributed by atoms with Crippen LogP contribution in [0.1, 0.15) is 27.7 Å². The lowest BCUT2D eigenvalue weighted by Crippen LogP contribution is -2.40. The highest BCUT2D eigenvalue weighted by Gasteiger charge is 2.60. The average Bonchev–Trinajstić information content (AvgIpc) is 2.24. The zero-order valence-corrected chi connectivity index (χ0v) is 8.93. The molecule has 0 aromatic rings. The number of halogens is 3. The standard InChI is InChI=1S/C10H17F3O/c1-5(2)7-8(11)10(12,13)9(14-7)6(3)4/h5-9H,1-4H3/t7-,8-,9+/m1/s1. The third-order valence-electron chi connectivity index (χ3n) is 2.60. The Morgan fingerprint density at radius 2 is 1.57 bits per heavy atom. The van der Waals surface area contributed by atoms with Crippen molar-refractivity contribution in [1.82, 2.24) is 0 Å². The molecule has 0 amide bonds. The van der Waals surface area contributed by atoms with Crippen molar-refractivity contribution in [3.63, 3.8) is 0 Å². The minimum absolute atomic E-state index is 0.223. The molecule has 0 aliphatic carbocycles. The van der Waals surface area contributed by atoms with Gasteiger partial charge in [0.05, 0.1) is 6.10 Å². The molecule has 0 N–H and O–H groups in total. The van der Waals surface area contributed by atoms with E-state index in [0.717, 1.165) is 0 Å². The smallest absolute Gasteiger partial charge is 0.307 e. The molecular weight excluding hydrogens is 193 g/mol. The molecule has 1 aliphatic heterocycles. The van der Waals surface area contributed by atoms with Crippen LogP contribution in [0.15, 0.2) is 0 Å². The van der Waals surface area contributed by atoms with E-state index < -0.39 is 24.3 Å². The van der Waals surface area contributed by atoms with Crippen LogP contribution in [0, 0.1) is 11.8 Å². The Morgan fingerprint density at radius 3 is 1.79 bits per heavy atom. The summed E-state index contributed by atoms with van der Waals surface area (Å²) in [6.45, 7) is 6.62. The summed E-state index contributed by atoms with van der Waals surface area (Å²) in [4.78, 5) is 0. The van der Waals surface area contributed by atoms with Gasteiger partial charge in [0.25, 0.3) is 0 Å². The van der Waals surface area contributed by atoms with Gasteiger partial charge >= 0.3 is 5.92 Å². The van der Waals surface area contributed by atoms with E-state index in [9.17, 15) is 13.2 Å². The van der Waals surface area contributed by atoms with Crippen LogP contribution in [0.25, 0.3) is 0 Å². The van der Waals surface area contributed by atoms with E-state index in [1.165, 1.54) is 0 Å². The molecule has 0 spiro atoms. The summed E-state index contributed by atoms with van der Waals surface area (Å²) in [6.07, 6.45) is -4.43. The zero-order chi connectivity index (χ0) is 11.1. The van der Waals surface area contributed by atoms with Gasteiger partial charge in [-0.1, -0.05) is 27.7 Å². The highest BCUT2D eigenvalue weighted by Crippen LogP contribution is 2.43. The van der Waals surface area contributed by atoms with E-state index in [4.69, 9.17) is 4.74 Å². The second-order valence-electron chi connectivity index (χ2n) is 4.59. The predicted octanol–water partition coefficient (Wildman–Crippen LogP) is 3.04. The summed E-state index contributed by atoms with van der Waals surface area (Å²) in [5, 5.41) is 0. The molecule has 1 fully saturated rings. The van der Waals surface area contributed by atoms with Crippen molar-refractivity contribution in [2.24, 2.45) is 11.8 Å². The van der Waals surface area contributed by atoms with E-state index in [0.29, 0.717) is 0 Å². The fourth-order valence-electron chi connectivity index (χ4n) is 1.80. The van der Waals surface area contributed by atoms with Gasteiger partial charge in [0.15, 0.2) is 6.17 Å². The highest BCUT2D eigenvalue weighted by molar-refractivity contribution is 4.99. The van der Waals surface area contributed by atoms with Gasteiger partial charge in [-0.15, -0.1) is 0 Å². The Kier molecular flexibility index (Phi) is 3.14. The van der Waals surface area contributed by atoms with E-state index in [1.54, 1.807) is 27.7 Å². The van der Waals surface area contributed by atoms with Crippen LogP contribution in [0.3, 0.4) is 0 Å². The number of hydrogen-bond donors (Lipinski definition) is 0. The van der Waals surface area contributed by atoms with Crippen LogP contribution in [0.5, 0.6) is 0 Å². The van der Waals surface area contributed by atoms with Crippen molar-refractivity contribution in [3.8, 4) is 0 Å². The second kappa shape index (κ2) is 3.72. The summed E-state index contributed by atoms with van der Waals surface area (Å²) in [5.74, 6) is -3.94. The molecule has 3 atom stereocenters. The van der Waals surface area contributed by atoms with Gasteiger partial charge in [0.1, 0.15) is 6.10 Å². The Labute approximate surface area is 82.6 Å². The van der Waals surface area contributed by atoms with Crippen molar-refractivity contribution in [1.29, 1.82) is 0 Å². The Hall–Kier alpha value is -0.250. The van der Waals surface area contributed by atoms with Gasteiger partial charge in [-0.05, 0) is 11.8 Å². The maximum absolute atomic E-state index is 13.4. The Bertz CT molecular complexity index is 204. The molecule has 14 heavy (non-hydrogen) atoms. The monoisotopic (exact) mass is 210 g/mol. The lowest BCUT2D eigenvalue weighted by atomic mass is 9.96. The fraction of sp³-hybridized carbons (Fsp3) is 1.00. The van der Waals surface area contributed by atoms with E-state index in [-0.39, 0.29) is 11.8 Å². The van der Waals surface area contributed by atoms with Crippen LogP contribution < -0.4 is 0 Å². The predicted molar refractivity (Wildman–Crippen MR) is 48.2 cm³/mol. The van der Waals surface area contributed by atoms with Crippen molar-refractivity contribution >= 4 is 0 Å². The van der Waals surface area contributed by atoms with Crippen molar-refractivity contribution in [2.45, 2.75) is 52.0 Å². The van der Waals surface area contributed by atoms with Crippen LogP contribution >= 0.6 is 0 Å². The van der Waals surface area contributed by atoms with Crippen molar-refractivity contribution < 1.29 is 17.9 Å². The lowest BCUT2D eigenvalue weighted by molar-refractivity contribution is -0.110. The summed E-state index contributed by atoms with van der Waals surface area (Å²) < 4.78 is 45.2. The lowest BCUT2D eigenvalue weighted by Gasteiger charge is -2.21. The Morgan fingerprint density at radius 1 is 1.07 bits per heavy atom. The van der Waals surface area contributed by atoms with Gasteiger partial charge in [0.2, 0.25) is 0 Å². The first-order valence-corrected chi connectivity index (χ1v) is 4.95. The van der Waals surface area contributed by atoms with Gasteiger partial charge < -0.3 is 4.74 Å². The van der Waals surface area contributed by atoms with Gasteiger partial charge in [-0.3, -0.25) is 0 Å². The molecule has 0 unspecified atom stereocenters. The number of rotatable bonds is 2. The molecule has 1 rings (SSSR count).